The number of benzene rings is 1. The molecular weight excluding hydrogens is 138 g/mol. The molecule has 0 saturated heterocycles. The Bertz CT molecular complexity index is 245. The molecular formula is C9H13NO. The van der Waals surface area contributed by atoms with Crippen LogP contribution in [0, 0.1) is 13.8 Å². The van der Waals surface area contributed by atoms with Crippen LogP contribution in [0.4, 0.5) is 0 Å². The predicted molar refractivity (Wildman–Crippen MR) is 44.9 cm³/mol. The summed E-state index contributed by atoms with van der Waals surface area (Å²) < 4.78 is 0. The van der Waals surface area contributed by atoms with Gasteiger partial charge in [0.2, 0.25) is 0 Å². The first-order valence-electron chi connectivity index (χ1n) is 3.62. The first-order chi connectivity index (χ1) is 5.24. The molecule has 0 aliphatic heterocycles. The standard InChI is InChI=1S/C9H13NO/c1-7-3-4-9(6-11-10)8(2)5-7/h3-5H,6,10H2,1-2H3. The minimum atomic E-state index is 0.492. The zero-order valence-electron chi connectivity index (χ0n) is 6.92. The molecule has 0 aromatic heterocycles. The Balaban J connectivity index is 2.90. The van der Waals surface area contributed by atoms with Gasteiger partial charge in [-0.15, -0.1) is 0 Å². The van der Waals surface area contributed by atoms with Crippen molar-refractivity contribution in [1.82, 2.24) is 0 Å². The first-order valence-corrected chi connectivity index (χ1v) is 3.62. The summed E-state index contributed by atoms with van der Waals surface area (Å²) in [6.45, 7) is 4.62. The number of nitrogens with two attached hydrogens (primary N) is 1. The van der Waals surface area contributed by atoms with Gasteiger partial charge in [0.15, 0.2) is 0 Å². The van der Waals surface area contributed by atoms with Gasteiger partial charge in [0.1, 0.15) is 0 Å². The highest BCUT2D eigenvalue weighted by molar-refractivity contribution is 5.29. The van der Waals surface area contributed by atoms with Crippen LogP contribution < -0.4 is 5.90 Å². The van der Waals surface area contributed by atoms with E-state index in [0.717, 1.165) is 5.56 Å². The molecule has 60 valence electrons. The van der Waals surface area contributed by atoms with Crippen molar-refractivity contribution in [3.63, 3.8) is 0 Å². The zero-order valence-corrected chi connectivity index (χ0v) is 6.92. The fourth-order valence-electron chi connectivity index (χ4n) is 1.10. The van der Waals surface area contributed by atoms with Crippen molar-refractivity contribution >= 4 is 0 Å². The van der Waals surface area contributed by atoms with E-state index in [9.17, 15) is 0 Å². The van der Waals surface area contributed by atoms with Gasteiger partial charge in [-0.05, 0) is 25.0 Å². The second kappa shape index (κ2) is 3.51. The first kappa shape index (κ1) is 8.24. The molecule has 11 heavy (non-hydrogen) atoms. The molecule has 2 N–H and O–H groups in total. The van der Waals surface area contributed by atoms with Crippen LogP contribution in [0.25, 0.3) is 0 Å². The quantitative estimate of drug-likeness (QED) is 0.653. The normalized spacial score (nSPS) is 10.1. The van der Waals surface area contributed by atoms with Crippen LogP contribution in [0.3, 0.4) is 0 Å². The Labute approximate surface area is 66.9 Å². The summed E-state index contributed by atoms with van der Waals surface area (Å²) in [6.07, 6.45) is 0. The van der Waals surface area contributed by atoms with Gasteiger partial charge in [0.05, 0.1) is 6.61 Å². The summed E-state index contributed by atoms with van der Waals surface area (Å²) in [5, 5.41) is 0. The van der Waals surface area contributed by atoms with Crippen LogP contribution in [0.1, 0.15) is 16.7 Å². The lowest BCUT2D eigenvalue weighted by atomic mass is 10.1. The molecule has 0 amide bonds. The maximum Gasteiger partial charge on any atom is 0.0932 e. The summed E-state index contributed by atoms with van der Waals surface area (Å²) in [7, 11) is 0. The molecule has 1 rings (SSSR count). The molecule has 0 aliphatic rings. The van der Waals surface area contributed by atoms with Crippen molar-refractivity contribution in [2.75, 3.05) is 0 Å². The third kappa shape index (κ3) is 2.03. The molecule has 0 heterocycles. The molecule has 0 spiro atoms. The van der Waals surface area contributed by atoms with Crippen LogP contribution >= 0.6 is 0 Å². The van der Waals surface area contributed by atoms with Crippen LogP contribution in [0.5, 0.6) is 0 Å². The summed E-state index contributed by atoms with van der Waals surface area (Å²) in [5.74, 6) is 4.97. The van der Waals surface area contributed by atoms with Crippen molar-refractivity contribution in [1.29, 1.82) is 0 Å². The van der Waals surface area contributed by atoms with Crippen molar-refractivity contribution in [2.45, 2.75) is 20.5 Å². The fourth-order valence-corrected chi connectivity index (χ4v) is 1.10. The molecule has 1 aromatic carbocycles. The lowest BCUT2D eigenvalue weighted by molar-refractivity contribution is 0.123. The minimum absolute atomic E-state index is 0.492. The Hall–Kier alpha value is -0.860. The number of hydrogen-bond acceptors (Lipinski definition) is 2. The highest BCUT2D eigenvalue weighted by Gasteiger charge is 1.96. The van der Waals surface area contributed by atoms with Gasteiger partial charge >= 0.3 is 0 Å². The second-order valence-electron chi connectivity index (χ2n) is 2.74. The lowest BCUT2D eigenvalue weighted by Gasteiger charge is -2.03. The van der Waals surface area contributed by atoms with Gasteiger partial charge in [-0.2, -0.15) is 0 Å². The molecule has 0 radical (unpaired) electrons. The van der Waals surface area contributed by atoms with Crippen LogP contribution in [-0.2, 0) is 11.4 Å². The molecule has 0 bridgehead atoms. The monoisotopic (exact) mass is 151 g/mol. The maximum absolute atomic E-state index is 4.97. The molecule has 0 saturated carbocycles. The van der Waals surface area contributed by atoms with E-state index in [-0.39, 0.29) is 0 Å². The highest BCUT2D eigenvalue weighted by atomic mass is 16.6. The Morgan fingerprint density at radius 3 is 2.64 bits per heavy atom. The van der Waals surface area contributed by atoms with E-state index < -0.39 is 0 Å². The lowest BCUT2D eigenvalue weighted by Crippen LogP contribution is -2.00. The molecule has 0 unspecified atom stereocenters. The third-order valence-electron chi connectivity index (χ3n) is 1.74. The van der Waals surface area contributed by atoms with Crippen LogP contribution in [-0.4, -0.2) is 0 Å². The minimum Gasteiger partial charge on any atom is -0.300 e. The molecule has 0 atom stereocenters. The molecule has 0 fully saturated rings. The molecule has 1 aromatic rings. The van der Waals surface area contributed by atoms with E-state index in [4.69, 9.17) is 5.90 Å². The third-order valence-corrected chi connectivity index (χ3v) is 1.74. The van der Waals surface area contributed by atoms with Crippen LogP contribution in [0.15, 0.2) is 18.2 Å². The smallest absolute Gasteiger partial charge is 0.0932 e. The maximum atomic E-state index is 4.97. The Morgan fingerprint density at radius 2 is 2.09 bits per heavy atom. The van der Waals surface area contributed by atoms with Crippen molar-refractivity contribution in [3.05, 3.63) is 34.9 Å². The van der Waals surface area contributed by atoms with E-state index in [2.05, 4.69) is 30.8 Å². The summed E-state index contributed by atoms with van der Waals surface area (Å²) in [6, 6.07) is 6.22. The summed E-state index contributed by atoms with van der Waals surface area (Å²) in [5.41, 5.74) is 3.65. The average molecular weight is 151 g/mol. The van der Waals surface area contributed by atoms with E-state index in [1.54, 1.807) is 0 Å². The van der Waals surface area contributed by atoms with Gasteiger partial charge in [-0.25, -0.2) is 5.90 Å². The highest BCUT2D eigenvalue weighted by Crippen LogP contribution is 2.10. The van der Waals surface area contributed by atoms with Crippen molar-refractivity contribution in [3.8, 4) is 0 Å². The number of aryl methyl sites for hydroxylation is 2. The molecule has 0 aliphatic carbocycles. The molecule has 2 heteroatoms. The number of hydrogen-bond donors (Lipinski definition) is 1. The van der Waals surface area contributed by atoms with E-state index in [1.807, 2.05) is 6.07 Å². The largest absolute Gasteiger partial charge is 0.300 e. The number of rotatable bonds is 2. The SMILES string of the molecule is Cc1ccc(CON)c(C)c1. The van der Waals surface area contributed by atoms with Gasteiger partial charge in [0, 0.05) is 0 Å². The average Bonchev–Trinajstić information content (AvgIpc) is 1.95. The Kier molecular flexibility index (Phi) is 2.63. The summed E-state index contributed by atoms with van der Waals surface area (Å²) >= 11 is 0. The summed E-state index contributed by atoms with van der Waals surface area (Å²) in [4.78, 5) is 4.55. The zero-order chi connectivity index (χ0) is 8.27. The van der Waals surface area contributed by atoms with Gasteiger partial charge in [-0.1, -0.05) is 23.8 Å². The fraction of sp³-hybridized carbons (Fsp3) is 0.333. The topological polar surface area (TPSA) is 35.2 Å². The van der Waals surface area contributed by atoms with Gasteiger partial charge in [-0.3, -0.25) is 4.84 Å². The van der Waals surface area contributed by atoms with Gasteiger partial charge < -0.3 is 0 Å². The second-order valence-corrected chi connectivity index (χ2v) is 2.74. The van der Waals surface area contributed by atoms with Crippen molar-refractivity contribution < 1.29 is 4.84 Å². The van der Waals surface area contributed by atoms with Crippen molar-refractivity contribution in [2.24, 2.45) is 5.90 Å². The predicted octanol–water partition coefficient (Wildman–Crippen LogP) is 1.69. The van der Waals surface area contributed by atoms with E-state index >= 15 is 0 Å². The molecule has 2 nitrogen and oxygen atoms in total. The van der Waals surface area contributed by atoms with Crippen LogP contribution in [0.2, 0.25) is 0 Å². The van der Waals surface area contributed by atoms with E-state index in [0.29, 0.717) is 6.61 Å². The van der Waals surface area contributed by atoms with E-state index in [1.165, 1.54) is 11.1 Å². The van der Waals surface area contributed by atoms with Gasteiger partial charge in [0.25, 0.3) is 0 Å². The Morgan fingerprint density at radius 1 is 1.36 bits per heavy atom.